The van der Waals surface area contributed by atoms with Gasteiger partial charge in [-0.3, -0.25) is 9.59 Å². The van der Waals surface area contributed by atoms with E-state index in [1.807, 2.05) is 18.2 Å². The molecule has 154 valence electrons. The molecule has 0 saturated carbocycles. The number of benzene rings is 2. The van der Waals surface area contributed by atoms with Crippen molar-refractivity contribution in [2.75, 3.05) is 20.8 Å². The molecule has 0 aliphatic carbocycles. The Morgan fingerprint density at radius 1 is 1.17 bits per heavy atom. The maximum Gasteiger partial charge on any atom is 0.306 e. The number of amides is 1. The number of carboxylic acid groups (broad SMARTS) is 1. The molecule has 0 bridgehead atoms. The number of ether oxygens (including phenoxy) is 3. The smallest absolute Gasteiger partial charge is 0.306 e. The number of hydrogen-bond acceptors (Lipinski definition) is 5. The molecular formula is C22H25NO6. The third-order valence-electron chi connectivity index (χ3n) is 5.16. The maximum atomic E-state index is 13.0. The standard InChI is InChI=1S/C22H25NO6/c1-22(12-20(24)25,16-5-4-6-17(11-16)27-2)23-21(26)15-9-14-10-18(28-3)7-8-19(14)29-13-15/h4-8,10-11,15H,9,12-13H2,1-3H3,(H,23,26)(H,24,25). The SMILES string of the molecule is COc1cccc(C(C)(CC(=O)O)NC(=O)C2COc3ccc(OC)cc3C2)c1. The molecule has 2 atom stereocenters. The number of methoxy groups -OCH3 is 2. The fourth-order valence-corrected chi connectivity index (χ4v) is 3.53. The van der Waals surface area contributed by atoms with Crippen LogP contribution in [0, 0.1) is 5.92 Å². The predicted octanol–water partition coefficient (Wildman–Crippen LogP) is 2.76. The fraction of sp³-hybridized carbons (Fsp3) is 0.364. The van der Waals surface area contributed by atoms with Gasteiger partial charge in [-0.2, -0.15) is 0 Å². The monoisotopic (exact) mass is 399 g/mol. The van der Waals surface area contributed by atoms with E-state index in [9.17, 15) is 14.7 Å². The number of fused-ring (bicyclic) bond motifs is 1. The Balaban J connectivity index is 1.82. The van der Waals surface area contributed by atoms with E-state index in [-0.39, 0.29) is 18.9 Å². The van der Waals surface area contributed by atoms with Crippen LogP contribution in [0.2, 0.25) is 0 Å². The van der Waals surface area contributed by atoms with Crippen LogP contribution in [0.15, 0.2) is 42.5 Å². The minimum atomic E-state index is -1.09. The fourth-order valence-electron chi connectivity index (χ4n) is 3.53. The van der Waals surface area contributed by atoms with Crippen molar-refractivity contribution < 1.29 is 28.9 Å². The van der Waals surface area contributed by atoms with E-state index in [1.54, 1.807) is 38.3 Å². The second-order valence-corrected chi connectivity index (χ2v) is 7.31. The summed E-state index contributed by atoms with van der Waals surface area (Å²) >= 11 is 0. The van der Waals surface area contributed by atoms with E-state index in [4.69, 9.17) is 14.2 Å². The van der Waals surface area contributed by atoms with Gasteiger partial charge in [0.1, 0.15) is 23.9 Å². The highest BCUT2D eigenvalue weighted by atomic mass is 16.5. The molecule has 3 rings (SSSR count). The van der Waals surface area contributed by atoms with Gasteiger partial charge in [0.25, 0.3) is 0 Å². The Hall–Kier alpha value is -3.22. The van der Waals surface area contributed by atoms with Crippen molar-refractivity contribution in [2.24, 2.45) is 5.92 Å². The van der Waals surface area contributed by atoms with Crippen molar-refractivity contribution in [1.29, 1.82) is 0 Å². The van der Waals surface area contributed by atoms with Crippen LogP contribution in [0.5, 0.6) is 17.2 Å². The number of carbonyl (C=O) groups is 2. The highest BCUT2D eigenvalue weighted by Crippen LogP contribution is 2.32. The van der Waals surface area contributed by atoms with Crippen molar-refractivity contribution in [3.63, 3.8) is 0 Å². The number of nitrogens with one attached hydrogen (secondary N) is 1. The second kappa shape index (κ2) is 8.43. The third kappa shape index (κ3) is 4.62. The van der Waals surface area contributed by atoms with Gasteiger partial charge in [0.05, 0.1) is 32.1 Å². The van der Waals surface area contributed by atoms with Crippen LogP contribution in [-0.4, -0.2) is 37.8 Å². The molecule has 29 heavy (non-hydrogen) atoms. The minimum absolute atomic E-state index is 0.229. The molecule has 2 aromatic rings. The number of carbonyl (C=O) groups excluding carboxylic acids is 1. The van der Waals surface area contributed by atoms with E-state index < -0.39 is 17.4 Å². The summed E-state index contributed by atoms with van der Waals surface area (Å²) in [6, 6.07) is 12.6. The molecule has 2 aromatic carbocycles. The molecule has 2 N–H and O–H groups in total. The zero-order valence-corrected chi connectivity index (χ0v) is 16.7. The highest BCUT2D eigenvalue weighted by molar-refractivity contribution is 5.81. The molecule has 1 aliphatic rings. The molecular weight excluding hydrogens is 374 g/mol. The summed E-state index contributed by atoms with van der Waals surface area (Å²) < 4.78 is 16.2. The molecule has 1 aliphatic heterocycles. The molecule has 0 radical (unpaired) electrons. The van der Waals surface area contributed by atoms with Crippen LogP contribution in [0.4, 0.5) is 0 Å². The van der Waals surface area contributed by atoms with Crippen molar-refractivity contribution >= 4 is 11.9 Å². The highest BCUT2D eigenvalue weighted by Gasteiger charge is 2.35. The van der Waals surface area contributed by atoms with Gasteiger partial charge in [-0.05, 0) is 54.8 Å². The molecule has 1 heterocycles. The van der Waals surface area contributed by atoms with Crippen molar-refractivity contribution in [3.05, 3.63) is 53.6 Å². The van der Waals surface area contributed by atoms with Crippen molar-refractivity contribution in [3.8, 4) is 17.2 Å². The van der Waals surface area contributed by atoms with Gasteiger partial charge in [0, 0.05) is 0 Å². The van der Waals surface area contributed by atoms with E-state index in [2.05, 4.69) is 5.32 Å². The van der Waals surface area contributed by atoms with Crippen molar-refractivity contribution in [2.45, 2.75) is 25.3 Å². The summed E-state index contributed by atoms with van der Waals surface area (Å²) in [5, 5.41) is 12.4. The minimum Gasteiger partial charge on any atom is -0.497 e. The summed E-state index contributed by atoms with van der Waals surface area (Å²) in [4.78, 5) is 24.6. The lowest BCUT2D eigenvalue weighted by atomic mass is 9.86. The molecule has 7 heteroatoms. The van der Waals surface area contributed by atoms with Crippen molar-refractivity contribution in [1.82, 2.24) is 5.32 Å². The van der Waals surface area contributed by atoms with E-state index in [0.29, 0.717) is 23.5 Å². The number of carboxylic acids is 1. The van der Waals surface area contributed by atoms with E-state index in [0.717, 1.165) is 11.3 Å². The first-order valence-corrected chi connectivity index (χ1v) is 9.32. The summed E-state index contributed by atoms with van der Waals surface area (Å²) in [7, 11) is 3.12. The maximum absolute atomic E-state index is 13.0. The van der Waals surface area contributed by atoms with Crippen LogP contribution in [0.25, 0.3) is 0 Å². The first-order valence-electron chi connectivity index (χ1n) is 9.32. The van der Waals surface area contributed by atoms with Gasteiger partial charge in [0.15, 0.2) is 0 Å². The normalized spacial score (nSPS) is 17.3. The summed E-state index contributed by atoms with van der Waals surface area (Å²) in [6.45, 7) is 1.93. The first-order chi connectivity index (χ1) is 13.8. The van der Waals surface area contributed by atoms with E-state index >= 15 is 0 Å². The zero-order chi connectivity index (χ0) is 21.0. The van der Waals surface area contributed by atoms with Crippen LogP contribution < -0.4 is 19.5 Å². The molecule has 0 aromatic heterocycles. The van der Waals surface area contributed by atoms with Crippen LogP contribution in [0.3, 0.4) is 0 Å². The third-order valence-corrected chi connectivity index (χ3v) is 5.16. The number of aliphatic carboxylic acids is 1. The number of hydrogen-bond donors (Lipinski definition) is 2. The summed E-state index contributed by atoms with van der Waals surface area (Å²) in [5.74, 6) is 0.316. The predicted molar refractivity (Wildman–Crippen MR) is 106 cm³/mol. The van der Waals surface area contributed by atoms with Gasteiger partial charge in [-0.1, -0.05) is 12.1 Å². The van der Waals surface area contributed by atoms with Gasteiger partial charge < -0.3 is 24.6 Å². The summed E-state index contributed by atoms with van der Waals surface area (Å²) in [6.07, 6.45) is 0.226. The Morgan fingerprint density at radius 2 is 1.90 bits per heavy atom. The lowest BCUT2D eigenvalue weighted by Gasteiger charge is -2.33. The van der Waals surface area contributed by atoms with Gasteiger partial charge in [0.2, 0.25) is 5.91 Å². The average molecular weight is 399 g/mol. The van der Waals surface area contributed by atoms with E-state index in [1.165, 1.54) is 7.11 Å². The number of rotatable bonds is 7. The topological polar surface area (TPSA) is 94.1 Å². The molecule has 0 spiro atoms. The molecule has 2 unspecified atom stereocenters. The average Bonchev–Trinajstić information content (AvgIpc) is 2.72. The Bertz CT molecular complexity index is 912. The molecule has 0 fully saturated rings. The molecule has 1 amide bonds. The van der Waals surface area contributed by atoms with Crippen LogP contribution in [-0.2, 0) is 21.5 Å². The zero-order valence-electron chi connectivity index (χ0n) is 16.7. The Kier molecular flexibility index (Phi) is 5.96. The quantitative estimate of drug-likeness (QED) is 0.744. The largest absolute Gasteiger partial charge is 0.497 e. The lowest BCUT2D eigenvalue weighted by molar-refractivity contribution is -0.139. The Morgan fingerprint density at radius 3 is 2.59 bits per heavy atom. The second-order valence-electron chi connectivity index (χ2n) is 7.31. The molecule has 0 saturated heterocycles. The lowest BCUT2D eigenvalue weighted by Crippen LogP contribution is -2.49. The Labute approximate surface area is 169 Å². The van der Waals surface area contributed by atoms with Gasteiger partial charge in [-0.25, -0.2) is 0 Å². The molecule has 7 nitrogen and oxygen atoms in total. The summed E-state index contributed by atoms with van der Waals surface area (Å²) in [5.41, 5.74) is 0.454. The van der Waals surface area contributed by atoms with Crippen LogP contribution in [0.1, 0.15) is 24.5 Å². The van der Waals surface area contributed by atoms with Gasteiger partial charge >= 0.3 is 5.97 Å². The van der Waals surface area contributed by atoms with Crippen LogP contribution >= 0.6 is 0 Å². The first kappa shape index (κ1) is 20.5. The van der Waals surface area contributed by atoms with Gasteiger partial charge in [-0.15, -0.1) is 0 Å².